The summed E-state index contributed by atoms with van der Waals surface area (Å²) in [5, 5.41) is 8.90. The minimum atomic E-state index is 0.312. The van der Waals surface area contributed by atoms with E-state index in [1.165, 1.54) is 38.8 Å². The van der Waals surface area contributed by atoms with Gasteiger partial charge in [-0.15, -0.1) is 0 Å². The van der Waals surface area contributed by atoms with Crippen molar-refractivity contribution in [3.63, 3.8) is 0 Å². The van der Waals surface area contributed by atoms with E-state index in [0.717, 1.165) is 18.2 Å². The average Bonchev–Trinajstić information content (AvgIpc) is 2.76. The minimum Gasteiger partial charge on any atom is -0.395 e. The Labute approximate surface area is 92.1 Å². The summed E-state index contributed by atoms with van der Waals surface area (Å²) in [7, 11) is 0. The van der Waals surface area contributed by atoms with Crippen LogP contribution in [-0.2, 0) is 0 Å². The van der Waals surface area contributed by atoms with Crippen molar-refractivity contribution in [2.75, 3.05) is 32.0 Å². The summed E-state index contributed by atoms with van der Waals surface area (Å²) in [5.41, 5.74) is 0.600. The van der Waals surface area contributed by atoms with E-state index in [2.05, 4.69) is 17.5 Å². The lowest BCUT2D eigenvalue weighted by atomic mass is 9.85. The molecule has 1 spiro atoms. The summed E-state index contributed by atoms with van der Waals surface area (Å²) in [5.74, 6) is 1.91. The molecule has 2 atom stereocenters. The van der Waals surface area contributed by atoms with Crippen LogP contribution >= 0.6 is 12.6 Å². The zero-order valence-electron chi connectivity index (χ0n) is 8.78. The standard InChI is InChI=1S/C11H21NOS/c13-6-5-12-4-3-11(9-12)2-1-10(7-11)8-14/h10,13-14H,1-9H2/t10-,11-/m1/s1. The summed E-state index contributed by atoms with van der Waals surface area (Å²) in [6, 6.07) is 0. The van der Waals surface area contributed by atoms with Crippen LogP contribution in [0.3, 0.4) is 0 Å². The van der Waals surface area contributed by atoms with Gasteiger partial charge in [-0.25, -0.2) is 0 Å². The third-order valence-electron chi connectivity index (χ3n) is 4.00. The van der Waals surface area contributed by atoms with Gasteiger partial charge in [-0.2, -0.15) is 12.6 Å². The Bertz CT molecular complexity index is 200. The molecular weight excluding hydrogens is 194 g/mol. The lowest BCUT2D eigenvalue weighted by molar-refractivity contribution is 0.199. The number of hydrogen-bond donors (Lipinski definition) is 2. The molecule has 2 aliphatic rings. The van der Waals surface area contributed by atoms with Gasteiger partial charge in [-0.3, -0.25) is 0 Å². The highest BCUT2D eigenvalue weighted by Crippen LogP contribution is 2.48. The fourth-order valence-corrected chi connectivity index (χ4v) is 3.53. The molecule has 2 nitrogen and oxygen atoms in total. The molecule has 0 aromatic carbocycles. The Hall–Kier alpha value is 0.270. The smallest absolute Gasteiger partial charge is 0.0558 e. The molecule has 0 amide bonds. The van der Waals surface area contributed by atoms with Crippen molar-refractivity contribution in [2.24, 2.45) is 11.3 Å². The number of rotatable bonds is 3. The lowest BCUT2D eigenvalue weighted by Gasteiger charge is -2.23. The largest absolute Gasteiger partial charge is 0.395 e. The quantitative estimate of drug-likeness (QED) is 0.695. The molecule has 0 aromatic rings. The molecule has 14 heavy (non-hydrogen) atoms. The maximum atomic E-state index is 8.90. The molecule has 1 heterocycles. The molecule has 82 valence electrons. The molecule has 3 heteroatoms. The first kappa shape index (κ1) is 10.8. The van der Waals surface area contributed by atoms with Crippen LogP contribution in [0, 0.1) is 11.3 Å². The van der Waals surface area contributed by atoms with E-state index in [9.17, 15) is 0 Å². The Morgan fingerprint density at radius 1 is 1.43 bits per heavy atom. The Morgan fingerprint density at radius 2 is 2.29 bits per heavy atom. The minimum absolute atomic E-state index is 0.312. The average molecular weight is 215 g/mol. The van der Waals surface area contributed by atoms with Crippen LogP contribution in [0.15, 0.2) is 0 Å². The highest BCUT2D eigenvalue weighted by Gasteiger charge is 2.43. The van der Waals surface area contributed by atoms with E-state index >= 15 is 0 Å². The molecule has 1 saturated heterocycles. The van der Waals surface area contributed by atoms with Crippen molar-refractivity contribution in [3.05, 3.63) is 0 Å². The van der Waals surface area contributed by atoms with Gasteiger partial charge >= 0.3 is 0 Å². The van der Waals surface area contributed by atoms with E-state index in [0.29, 0.717) is 12.0 Å². The number of nitrogens with zero attached hydrogens (tertiary/aromatic N) is 1. The highest BCUT2D eigenvalue weighted by atomic mass is 32.1. The Morgan fingerprint density at radius 3 is 2.93 bits per heavy atom. The maximum absolute atomic E-state index is 8.90. The van der Waals surface area contributed by atoms with E-state index in [-0.39, 0.29) is 0 Å². The van der Waals surface area contributed by atoms with Gasteiger partial charge in [0.25, 0.3) is 0 Å². The SMILES string of the molecule is OCCN1CC[C@@]2(CC[C@@H](CS)C2)C1. The fraction of sp³-hybridized carbons (Fsp3) is 1.00. The Balaban J connectivity index is 1.87. The predicted octanol–water partition coefficient (Wildman–Crippen LogP) is 1.40. The second kappa shape index (κ2) is 4.42. The van der Waals surface area contributed by atoms with E-state index in [1.807, 2.05) is 0 Å². The first-order valence-electron chi connectivity index (χ1n) is 5.72. The summed E-state index contributed by atoms with van der Waals surface area (Å²) < 4.78 is 0. The van der Waals surface area contributed by atoms with Crippen molar-refractivity contribution in [2.45, 2.75) is 25.7 Å². The monoisotopic (exact) mass is 215 g/mol. The van der Waals surface area contributed by atoms with Gasteiger partial charge in [0, 0.05) is 13.1 Å². The van der Waals surface area contributed by atoms with Crippen molar-refractivity contribution >= 4 is 12.6 Å². The number of likely N-dealkylation sites (tertiary alicyclic amines) is 1. The van der Waals surface area contributed by atoms with Crippen LogP contribution in [0.25, 0.3) is 0 Å². The number of hydrogen-bond acceptors (Lipinski definition) is 3. The Kier molecular flexibility index (Phi) is 3.40. The molecule has 1 N–H and O–H groups in total. The van der Waals surface area contributed by atoms with Gasteiger partial charge in [-0.05, 0) is 49.3 Å². The van der Waals surface area contributed by atoms with Crippen LogP contribution in [0.4, 0.5) is 0 Å². The number of aliphatic hydroxyl groups excluding tert-OH is 1. The van der Waals surface area contributed by atoms with Crippen LogP contribution in [0.1, 0.15) is 25.7 Å². The normalized spacial score (nSPS) is 38.6. The summed E-state index contributed by atoms with van der Waals surface area (Å²) in [6.07, 6.45) is 5.48. The third-order valence-corrected chi connectivity index (χ3v) is 4.51. The van der Waals surface area contributed by atoms with Gasteiger partial charge in [0.15, 0.2) is 0 Å². The van der Waals surface area contributed by atoms with Gasteiger partial charge in [0.1, 0.15) is 0 Å². The number of thiol groups is 1. The molecule has 0 radical (unpaired) electrons. The molecule has 1 aliphatic carbocycles. The predicted molar refractivity (Wildman–Crippen MR) is 61.8 cm³/mol. The number of β-amino-alcohol motifs (C(OH)–C–C–N with tert-alkyl or cyclic N) is 1. The summed E-state index contributed by atoms with van der Waals surface area (Å²) in [6.45, 7) is 3.59. The molecule has 0 unspecified atom stereocenters. The number of aliphatic hydroxyl groups is 1. The van der Waals surface area contributed by atoms with Crippen LogP contribution < -0.4 is 0 Å². The zero-order valence-corrected chi connectivity index (χ0v) is 9.68. The van der Waals surface area contributed by atoms with E-state index < -0.39 is 0 Å². The molecule has 2 fully saturated rings. The van der Waals surface area contributed by atoms with Crippen LogP contribution in [-0.4, -0.2) is 42.0 Å². The van der Waals surface area contributed by atoms with Crippen molar-refractivity contribution in [3.8, 4) is 0 Å². The third kappa shape index (κ3) is 2.10. The van der Waals surface area contributed by atoms with Crippen molar-refractivity contribution in [1.29, 1.82) is 0 Å². The van der Waals surface area contributed by atoms with Gasteiger partial charge in [0.2, 0.25) is 0 Å². The molecule has 1 aliphatic heterocycles. The highest BCUT2D eigenvalue weighted by molar-refractivity contribution is 7.80. The molecular formula is C11H21NOS. The first-order valence-corrected chi connectivity index (χ1v) is 6.35. The van der Waals surface area contributed by atoms with E-state index in [4.69, 9.17) is 5.11 Å². The second-order valence-corrected chi connectivity index (χ2v) is 5.41. The van der Waals surface area contributed by atoms with Gasteiger partial charge in [0.05, 0.1) is 6.61 Å². The molecule has 0 aromatic heterocycles. The van der Waals surface area contributed by atoms with Gasteiger partial charge in [-0.1, -0.05) is 0 Å². The molecule has 2 rings (SSSR count). The molecule has 0 bridgehead atoms. The first-order chi connectivity index (χ1) is 6.78. The van der Waals surface area contributed by atoms with Crippen molar-refractivity contribution < 1.29 is 5.11 Å². The summed E-state index contributed by atoms with van der Waals surface area (Å²) >= 11 is 4.40. The van der Waals surface area contributed by atoms with Gasteiger partial charge < -0.3 is 10.0 Å². The van der Waals surface area contributed by atoms with Crippen LogP contribution in [0.5, 0.6) is 0 Å². The topological polar surface area (TPSA) is 23.5 Å². The van der Waals surface area contributed by atoms with Crippen molar-refractivity contribution in [1.82, 2.24) is 4.90 Å². The second-order valence-electron chi connectivity index (χ2n) is 5.04. The van der Waals surface area contributed by atoms with E-state index in [1.54, 1.807) is 0 Å². The summed E-state index contributed by atoms with van der Waals surface area (Å²) in [4.78, 5) is 2.42. The molecule has 1 saturated carbocycles. The lowest BCUT2D eigenvalue weighted by Crippen LogP contribution is -2.27. The van der Waals surface area contributed by atoms with Crippen LogP contribution in [0.2, 0.25) is 0 Å². The fourth-order valence-electron chi connectivity index (χ4n) is 3.21. The zero-order chi connectivity index (χ0) is 10.0. The maximum Gasteiger partial charge on any atom is 0.0558 e.